The second-order valence-electron chi connectivity index (χ2n) is 8.61. The number of nitrogens with one attached hydrogen (secondary N) is 1. The summed E-state index contributed by atoms with van der Waals surface area (Å²) < 4.78 is 6.42. The van der Waals surface area contributed by atoms with Gasteiger partial charge in [-0.15, -0.1) is 0 Å². The number of anilines is 2. The molecule has 0 unspecified atom stereocenters. The Morgan fingerprint density at radius 2 is 1.74 bits per heavy atom. The fraction of sp³-hybridized carbons (Fsp3) is 0.346. The van der Waals surface area contributed by atoms with Gasteiger partial charge in [-0.2, -0.15) is 0 Å². The van der Waals surface area contributed by atoms with Crippen molar-refractivity contribution in [3.8, 4) is 0 Å². The summed E-state index contributed by atoms with van der Waals surface area (Å²) in [5, 5.41) is 0. The molecule has 2 aromatic carbocycles. The van der Waals surface area contributed by atoms with Crippen LogP contribution < -0.4 is 21.9 Å². The molecular weight excluding hydrogens is 446 g/mol. The highest BCUT2D eigenvalue weighted by Gasteiger charge is 2.25. The zero-order valence-electron chi connectivity index (χ0n) is 20.5. The summed E-state index contributed by atoms with van der Waals surface area (Å²) in [4.78, 5) is 44.4. The molecule has 0 bridgehead atoms. The zero-order valence-corrected chi connectivity index (χ0v) is 20.5. The molecule has 3 aromatic rings. The number of carbonyl (C=O) groups excluding carboxylic acids is 1. The van der Waals surface area contributed by atoms with Crippen molar-refractivity contribution < 1.29 is 9.53 Å². The monoisotopic (exact) mass is 479 g/mol. The number of H-pyrrole nitrogens is 1. The summed E-state index contributed by atoms with van der Waals surface area (Å²) in [6.45, 7) is 3.46. The minimum atomic E-state index is -0.691. The Hall–Kier alpha value is -3.69. The molecule has 35 heavy (non-hydrogen) atoms. The van der Waals surface area contributed by atoms with E-state index in [-0.39, 0.29) is 37.0 Å². The van der Waals surface area contributed by atoms with E-state index in [0.29, 0.717) is 19.6 Å². The third-order valence-electron chi connectivity index (χ3n) is 5.68. The fourth-order valence-electron chi connectivity index (χ4n) is 3.87. The van der Waals surface area contributed by atoms with Crippen LogP contribution in [0.5, 0.6) is 0 Å². The molecule has 9 nitrogen and oxygen atoms in total. The summed E-state index contributed by atoms with van der Waals surface area (Å²) in [5.41, 5.74) is 8.09. The fourth-order valence-corrected chi connectivity index (χ4v) is 3.87. The zero-order chi connectivity index (χ0) is 25.4. The largest absolute Gasteiger partial charge is 0.385 e. The number of nitrogen functional groups attached to an aromatic ring is 1. The van der Waals surface area contributed by atoms with E-state index in [1.807, 2.05) is 73.5 Å². The van der Waals surface area contributed by atoms with Crippen LogP contribution in [-0.2, 0) is 22.6 Å². The first-order valence-corrected chi connectivity index (χ1v) is 11.5. The lowest BCUT2D eigenvalue weighted by Crippen LogP contribution is -2.45. The Morgan fingerprint density at radius 3 is 2.40 bits per heavy atom. The van der Waals surface area contributed by atoms with E-state index >= 15 is 0 Å². The highest BCUT2D eigenvalue weighted by Crippen LogP contribution is 2.19. The molecule has 186 valence electrons. The first-order valence-electron chi connectivity index (χ1n) is 11.5. The van der Waals surface area contributed by atoms with Gasteiger partial charge in [0, 0.05) is 26.8 Å². The summed E-state index contributed by atoms with van der Waals surface area (Å²) >= 11 is 0. The van der Waals surface area contributed by atoms with Crippen LogP contribution >= 0.6 is 0 Å². The number of nitrogens with zero attached hydrogens (tertiary/aromatic N) is 3. The number of rotatable bonds is 11. The number of nitrogens with two attached hydrogens (primary N) is 1. The molecule has 1 aromatic heterocycles. The lowest BCUT2D eigenvalue weighted by atomic mass is 10.1. The Balaban J connectivity index is 1.89. The first kappa shape index (κ1) is 25.9. The molecule has 0 saturated heterocycles. The highest BCUT2D eigenvalue weighted by molar-refractivity contribution is 5.96. The topological polar surface area (TPSA) is 114 Å². The van der Waals surface area contributed by atoms with Crippen LogP contribution in [0.15, 0.2) is 64.2 Å². The molecule has 0 aliphatic carbocycles. The maximum atomic E-state index is 13.4. The number of carbonyl (C=O) groups is 1. The van der Waals surface area contributed by atoms with Crippen LogP contribution in [0.4, 0.5) is 11.5 Å². The van der Waals surface area contributed by atoms with Crippen molar-refractivity contribution in [1.29, 1.82) is 0 Å². The molecule has 0 saturated carbocycles. The van der Waals surface area contributed by atoms with Crippen LogP contribution in [0.3, 0.4) is 0 Å². The van der Waals surface area contributed by atoms with Crippen molar-refractivity contribution in [2.24, 2.45) is 0 Å². The SMILES string of the molecule is COCCCN(C(=O)CN(C)Cc1ccc(C)cc1)c1c(N)n(Cc2ccccc2)c(=O)[nH]c1=O. The molecule has 0 fully saturated rings. The van der Waals surface area contributed by atoms with Crippen LogP contribution in [0.25, 0.3) is 0 Å². The summed E-state index contributed by atoms with van der Waals surface area (Å²) in [7, 11) is 3.41. The van der Waals surface area contributed by atoms with E-state index in [4.69, 9.17) is 10.5 Å². The number of hydrogen-bond donors (Lipinski definition) is 2. The number of amides is 1. The van der Waals surface area contributed by atoms with E-state index in [2.05, 4.69) is 4.98 Å². The van der Waals surface area contributed by atoms with Crippen molar-refractivity contribution in [3.05, 3.63) is 92.1 Å². The maximum absolute atomic E-state index is 13.4. The smallest absolute Gasteiger partial charge is 0.330 e. The Morgan fingerprint density at radius 1 is 1.06 bits per heavy atom. The normalized spacial score (nSPS) is 11.1. The van der Waals surface area contributed by atoms with Gasteiger partial charge in [0.1, 0.15) is 5.82 Å². The number of ether oxygens (including phenoxy) is 1. The van der Waals surface area contributed by atoms with E-state index in [0.717, 1.165) is 16.7 Å². The summed E-state index contributed by atoms with van der Waals surface area (Å²) in [6, 6.07) is 17.4. The molecular formula is C26H33N5O4. The number of methoxy groups -OCH3 is 1. The van der Waals surface area contributed by atoms with Crippen molar-refractivity contribution in [3.63, 3.8) is 0 Å². The first-order chi connectivity index (χ1) is 16.8. The van der Waals surface area contributed by atoms with Gasteiger partial charge in [0.15, 0.2) is 5.69 Å². The Labute approximate surface area is 204 Å². The number of aromatic amines is 1. The molecule has 3 rings (SSSR count). The predicted molar refractivity (Wildman–Crippen MR) is 138 cm³/mol. The van der Waals surface area contributed by atoms with Gasteiger partial charge in [-0.05, 0) is 31.5 Å². The molecule has 0 aliphatic rings. The number of hydrogen-bond acceptors (Lipinski definition) is 6. The summed E-state index contributed by atoms with van der Waals surface area (Å²) in [5.74, 6) is -0.340. The van der Waals surface area contributed by atoms with Gasteiger partial charge in [0.2, 0.25) is 5.91 Å². The predicted octanol–water partition coefficient (Wildman–Crippen LogP) is 1.98. The van der Waals surface area contributed by atoms with Gasteiger partial charge in [-0.1, -0.05) is 60.2 Å². The van der Waals surface area contributed by atoms with Crippen molar-refractivity contribution in [1.82, 2.24) is 14.5 Å². The van der Waals surface area contributed by atoms with Crippen LogP contribution in [-0.4, -0.2) is 54.2 Å². The average Bonchev–Trinajstić information content (AvgIpc) is 2.82. The van der Waals surface area contributed by atoms with E-state index in [1.54, 1.807) is 7.11 Å². The van der Waals surface area contributed by atoms with Crippen molar-refractivity contribution >= 4 is 17.4 Å². The second kappa shape index (κ2) is 12.1. The Kier molecular flexibility index (Phi) is 8.99. The standard InChI is InChI=1S/C26H33N5O4/c1-19-10-12-21(13-11-19)16-29(2)18-22(32)30(14-7-15-35-3)23-24(27)31(26(34)28-25(23)33)17-20-8-5-4-6-9-20/h4-6,8-13H,7,14-18,27H2,1-3H3,(H,28,33,34). The second-order valence-corrected chi connectivity index (χ2v) is 8.61. The van der Waals surface area contributed by atoms with Gasteiger partial charge in [0.05, 0.1) is 13.1 Å². The molecule has 1 amide bonds. The van der Waals surface area contributed by atoms with Crippen LogP contribution in [0.1, 0.15) is 23.1 Å². The third kappa shape index (κ3) is 6.91. The van der Waals surface area contributed by atoms with E-state index in [9.17, 15) is 14.4 Å². The maximum Gasteiger partial charge on any atom is 0.330 e. The Bertz CT molecular complexity index is 1240. The highest BCUT2D eigenvalue weighted by atomic mass is 16.5. The van der Waals surface area contributed by atoms with Gasteiger partial charge in [0.25, 0.3) is 5.56 Å². The van der Waals surface area contributed by atoms with Crippen LogP contribution in [0, 0.1) is 6.92 Å². The van der Waals surface area contributed by atoms with Crippen molar-refractivity contribution in [2.45, 2.75) is 26.4 Å². The number of benzene rings is 2. The minimum absolute atomic E-state index is 0.0228. The minimum Gasteiger partial charge on any atom is -0.385 e. The molecule has 0 aliphatic heterocycles. The van der Waals surface area contributed by atoms with E-state index < -0.39 is 11.2 Å². The number of aromatic nitrogens is 2. The lowest BCUT2D eigenvalue weighted by molar-refractivity contribution is -0.119. The quantitative estimate of drug-likeness (QED) is 0.407. The number of likely N-dealkylation sites (N-methyl/N-ethyl adjacent to an activating group) is 1. The molecule has 3 N–H and O–H groups in total. The molecule has 1 heterocycles. The lowest BCUT2D eigenvalue weighted by Gasteiger charge is -2.27. The number of aryl methyl sites for hydroxylation is 1. The van der Waals surface area contributed by atoms with Gasteiger partial charge in [-0.3, -0.25) is 24.0 Å². The van der Waals surface area contributed by atoms with Gasteiger partial charge >= 0.3 is 5.69 Å². The third-order valence-corrected chi connectivity index (χ3v) is 5.68. The van der Waals surface area contributed by atoms with Gasteiger partial charge in [-0.25, -0.2) is 4.79 Å². The van der Waals surface area contributed by atoms with Crippen LogP contribution in [0.2, 0.25) is 0 Å². The molecule has 9 heteroatoms. The summed E-state index contributed by atoms with van der Waals surface area (Å²) in [6.07, 6.45) is 0.501. The molecule has 0 atom stereocenters. The molecule has 0 spiro atoms. The van der Waals surface area contributed by atoms with Crippen molar-refractivity contribution in [2.75, 3.05) is 44.5 Å². The van der Waals surface area contributed by atoms with Gasteiger partial charge < -0.3 is 15.4 Å². The van der Waals surface area contributed by atoms with E-state index in [1.165, 1.54) is 9.47 Å². The molecule has 0 radical (unpaired) electrons. The average molecular weight is 480 g/mol.